The summed E-state index contributed by atoms with van der Waals surface area (Å²) in [6.45, 7) is 2.57. The summed E-state index contributed by atoms with van der Waals surface area (Å²) in [5.41, 5.74) is 6.37. The molecule has 1 N–H and O–H groups in total. The molecule has 20 heavy (non-hydrogen) atoms. The molecular weight excluding hydrogens is 250 g/mol. The predicted molar refractivity (Wildman–Crippen MR) is 79.7 cm³/mol. The minimum atomic E-state index is -0.382. The summed E-state index contributed by atoms with van der Waals surface area (Å²) in [4.78, 5) is 1.62. The SMILES string of the molecule is CCCCC(O)C[N+]1=Nc2cccc3cccc(c23)[N-]1. The summed E-state index contributed by atoms with van der Waals surface area (Å²) in [7, 11) is 0. The molecule has 0 bridgehead atoms. The molecule has 0 spiro atoms. The fourth-order valence-electron chi connectivity index (χ4n) is 2.54. The van der Waals surface area contributed by atoms with Gasteiger partial charge in [-0.05, 0) is 17.2 Å². The number of nitrogens with zero attached hydrogens (tertiary/aromatic N) is 3. The third kappa shape index (κ3) is 2.51. The van der Waals surface area contributed by atoms with Gasteiger partial charge in [0.05, 0.1) is 0 Å². The number of β-amino-alcohol motifs (C(OH)–C–C–N with tert-alkyl or cyclic N) is 1. The van der Waals surface area contributed by atoms with Crippen LogP contribution in [0.4, 0.5) is 11.4 Å². The standard InChI is InChI=1S/C16H19N3O/c1-2-3-8-13(20)11-19-17-14-9-4-6-12-7-5-10-15(18-19)16(12)14/h4-7,9-10,13,20H,2-3,8,11H2,1H3. The summed E-state index contributed by atoms with van der Waals surface area (Å²) in [6.07, 6.45) is 2.53. The lowest BCUT2D eigenvalue weighted by Crippen LogP contribution is -2.21. The molecule has 0 saturated heterocycles. The van der Waals surface area contributed by atoms with Crippen LogP contribution in [0.3, 0.4) is 0 Å². The molecule has 1 atom stereocenters. The van der Waals surface area contributed by atoms with Crippen LogP contribution in [0.5, 0.6) is 0 Å². The van der Waals surface area contributed by atoms with Crippen molar-refractivity contribution in [2.24, 2.45) is 5.11 Å². The van der Waals surface area contributed by atoms with Gasteiger partial charge in [-0.25, -0.2) is 0 Å². The first-order valence-corrected chi connectivity index (χ1v) is 7.18. The van der Waals surface area contributed by atoms with Crippen LogP contribution >= 0.6 is 0 Å². The molecule has 1 aliphatic heterocycles. The molecule has 0 radical (unpaired) electrons. The Labute approximate surface area is 118 Å². The number of aliphatic hydroxyl groups excluding tert-OH is 1. The van der Waals surface area contributed by atoms with Gasteiger partial charge in [0.1, 0.15) is 6.10 Å². The van der Waals surface area contributed by atoms with Crippen LogP contribution in [0, 0.1) is 0 Å². The van der Waals surface area contributed by atoms with E-state index in [9.17, 15) is 5.11 Å². The van der Waals surface area contributed by atoms with E-state index in [4.69, 9.17) is 0 Å². The summed E-state index contributed by atoms with van der Waals surface area (Å²) < 4.78 is 0. The van der Waals surface area contributed by atoms with Gasteiger partial charge in [-0.2, -0.15) is 15.3 Å². The Morgan fingerprint density at radius 3 is 2.85 bits per heavy atom. The third-order valence-corrected chi connectivity index (χ3v) is 3.57. The number of aliphatic hydroxyl groups is 1. The molecular formula is C16H19N3O. The second-order valence-electron chi connectivity index (χ2n) is 5.20. The van der Waals surface area contributed by atoms with E-state index >= 15 is 0 Å². The average molecular weight is 269 g/mol. The van der Waals surface area contributed by atoms with E-state index in [1.54, 1.807) is 4.81 Å². The van der Waals surface area contributed by atoms with Crippen molar-refractivity contribution in [1.29, 1.82) is 0 Å². The zero-order valence-corrected chi connectivity index (χ0v) is 11.7. The Kier molecular flexibility index (Phi) is 3.65. The summed E-state index contributed by atoms with van der Waals surface area (Å²) in [5, 5.41) is 16.8. The van der Waals surface area contributed by atoms with Gasteiger partial charge in [-0.1, -0.05) is 56.2 Å². The smallest absolute Gasteiger partial charge is 0.188 e. The maximum absolute atomic E-state index is 10.0. The van der Waals surface area contributed by atoms with E-state index in [-0.39, 0.29) is 6.10 Å². The molecule has 0 fully saturated rings. The zero-order valence-electron chi connectivity index (χ0n) is 11.7. The zero-order chi connectivity index (χ0) is 13.9. The van der Waals surface area contributed by atoms with Crippen molar-refractivity contribution >= 4 is 22.1 Å². The van der Waals surface area contributed by atoms with Crippen molar-refractivity contribution in [1.82, 2.24) is 0 Å². The molecule has 2 aromatic rings. The maximum Gasteiger partial charge on any atom is 0.188 e. The summed E-state index contributed by atoms with van der Waals surface area (Å²) >= 11 is 0. The quantitative estimate of drug-likeness (QED) is 0.802. The molecule has 4 nitrogen and oxygen atoms in total. The van der Waals surface area contributed by atoms with E-state index in [0.29, 0.717) is 6.54 Å². The molecule has 2 aromatic carbocycles. The maximum atomic E-state index is 10.0. The average Bonchev–Trinajstić information content (AvgIpc) is 2.45. The number of benzene rings is 2. The van der Waals surface area contributed by atoms with Crippen LogP contribution in [0.2, 0.25) is 0 Å². The Hall–Kier alpha value is -1.94. The van der Waals surface area contributed by atoms with Gasteiger partial charge in [0.15, 0.2) is 6.54 Å². The van der Waals surface area contributed by atoms with Crippen molar-refractivity contribution in [2.75, 3.05) is 6.54 Å². The van der Waals surface area contributed by atoms with E-state index in [0.717, 1.165) is 41.4 Å². The van der Waals surface area contributed by atoms with Crippen LogP contribution < -0.4 is 0 Å². The van der Waals surface area contributed by atoms with Crippen molar-refractivity contribution in [3.05, 3.63) is 41.8 Å². The Morgan fingerprint density at radius 1 is 1.25 bits per heavy atom. The molecule has 1 unspecified atom stereocenters. The predicted octanol–water partition coefficient (Wildman–Crippen LogP) is 4.42. The molecule has 0 aromatic heterocycles. The molecule has 104 valence electrons. The van der Waals surface area contributed by atoms with Crippen LogP contribution in [0.15, 0.2) is 41.5 Å². The van der Waals surface area contributed by atoms with Gasteiger partial charge in [-0.3, -0.25) is 0 Å². The van der Waals surface area contributed by atoms with Gasteiger partial charge in [-0.15, -0.1) is 0 Å². The van der Waals surface area contributed by atoms with Gasteiger partial charge < -0.3 is 5.11 Å². The molecule has 1 heterocycles. The fraction of sp³-hybridized carbons (Fsp3) is 0.375. The highest BCUT2D eigenvalue weighted by molar-refractivity contribution is 6.02. The highest BCUT2D eigenvalue weighted by Crippen LogP contribution is 2.40. The van der Waals surface area contributed by atoms with Crippen molar-refractivity contribution in [2.45, 2.75) is 32.3 Å². The fourth-order valence-corrected chi connectivity index (χ4v) is 2.54. The van der Waals surface area contributed by atoms with Crippen LogP contribution in [0.1, 0.15) is 26.2 Å². The number of rotatable bonds is 5. The lowest BCUT2D eigenvalue weighted by atomic mass is 10.1. The summed E-state index contributed by atoms with van der Waals surface area (Å²) in [6, 6.07) is 12.1. The number of hydrogen-bond acceptors (Lipinski definition) is 2. The van der Waals surface area contributed by atoms with Gasteiger partial charge in [0.2, 0.25) is 0 Å². The molecule has 4 heteroatoms. The van der Waals surface area contributed by atoms with Gasteiger partial charge in [0.25, 0.3) is 0 Å². The highest BCUT2D eigenvalue weighted by Gasteiger charge is 2.15. The molecule has 0 aliphatic carbocycles. The number of hydrogen-bond donors (Lipinski definition) is 1. The van der Waals surface area contributed by atoms with Gasteiger partial charge >= 0.3 is 0 Å². The van der Waals surface area contributed by atoms with E-state index in [1.807, 2.05) is 24.3 Å². The van der Waals surface area contributed by atoms with E-state index in [2.05, 4.69) is 29.6 Å². The van der Waals surface area contributed by atoms with E-state index < -0.39 is 0 Å². The first-order valence-electron chi connectivity index (χ1n) is 7.18. The first kappa shape index (κ1) is 13.1. The molecule has 0 saturated carbocycles. The largest absolute Gasteiger partial charge is 0.386 e. The van der Waals surface area contributed by atoms with E-state index in [1.165, 1.54) is 0 Å². The number of unbranched alkanes of at least 4 members (excludes halogenated alkanes) is 1. The van der Waals surface area contributed by atoms with Crippen molar-refractivity contribution < 1.29 is 9.91 Å². The summed E-state index contributed by atoms with van der Waals surface area (Å²) in [5.74, 6) is 0. The second kappa shape index (κ2) is 5.59. The third-order valence-electron chi connectivity index (χ3n) is 3.57. The number of azo groups is 1. The van der Waals surface area contributed by atoms with Gasteiger partial charge in [0, 0.05) is 11.4 Å². The highest BCUT2D eigenvalue weighted by atomic mass is 16.3. The molecule has 3 rings (SSSR count). The molecule has 0 amide bonds. The van der Waals surface area contributed by atoms with Crippen LogP contribution in [-0.4, -0.2) is 22.6 Å². The normalized spacial score (nSPS) is 14.8. The monoisotopic (exact) mass is 269 g/mol. The minimum Gasteiger partial charge on any atom is -0.386 e. The van der Waals surface area contributed by atoms with Crippen molar-refractivity contribution in [3.8, 4) is 0 Å². The first-order chi connectivity index (χ1) is 9.78. The van der Waals surface area contributed by atoms with Crippen LogP contribution in [-0.2, 0) is 0 Å². The van der Waals surface area contributed by atoms with Crippen molar-refractivity contribution in [3.63, 3.8) is 0 Å². The minimum absolute atomic E-state index is 0.382. The van der Waals surface area contributed by atoms with Crippen LogP contribution in [0.25, 0.3) is 16.2 Å². The Morgan fingerprint density at radius 2 is 2.05 bits per heavy atom. The Bertz CT molecular complexity index is 646. The lowest BCUT2D eigenvalue weighted by molar-refractivity contribution is -0.547. The second-order valence-corrected chi connectivity index (χ2v) is 5.20. The lowest BCUT2D eigenvalue weighted by Gasteiger charge is -2.21. The molecule has 1 aliphatic rings. The Balaban J connectivity index is 1.86. The topological polar surface area (TPSA) is 49.7 Å².